The number of hydrogen-bond acceptors (Lipinski definition) is 2. The highest BCUT2D eigenvalue weighted by Gasteiger charge is 2.15. The maximum atomic E-state index is 12.6. The molecule has 2 rings (SSSR count). The van der Waals surface area contributed by atoms with E-state index < -0.39 is 0 Å². The molecule has 0 unspecified atom stereocenters. The van der Waals surface area contributed by atoms with Gasteiger partial charge in [-0.3, -0.25) is 4.79 Å². The molecular formula is C17H18BrNO2. The molecule has 0 fully saturated rings. The summed E-state index contributed by atoms with van der Waals surface area (Å²) in [5.41, 5.74) is 3.57. The smallest absolute Gasteiger partial charge is 0.259 e. The van der Waals surface area contributed by atoms with Crippen molar-refractivity contribution in [3.05, 3.63) is 57.6 Å². The van der Waals surface area contributed by atoms with Gasteiger partial charge in [0.2, 0.25) is 0 Å². The van der Waals surface area contributed by atoms with E-state index in [0.717, 1.165) is 27.7 Å². The van der Waals surface area contributed by atoms with Crippen LogP contribution >= 0.6 is 15.9 Å². The molecule has 110 valence electrons. The van der Waals surface area contributed by atoms with Crippen LogP contribution in [-0.2, 0) is 6.42 Å². The quantitative estimate of drug-likeness (QED) is 0.878. The van der Waals surface area contributed by atoms with Gasteiger partial charge in [0.1, 0.15) is 5.75 Å². The first-order valence-electron chi connectivity index (χ1n) is 6.80. The molecule has 0 aromatic heterocycles. The molecule has 21 heavy (non-hydrogen) atoms. The van der Waals surface area contributed by atoms with Gasteiger partial charge in [-0.25, -0.2) is 0 Å². The molecule has 0 bridgehead atoms. The van der Waals surface area contributed by atoms with Crippen LogP contribution in [0, 0.1) is 6.92 Å². The van der Waals surface area contributed by atoms with Gasteiger partial charge < -0.3 is 10.1 Å². The van der Waals surface area contributed by atoms with Gasteiger partial charge in [0.25, 0.3) is 5.91 Å². The summed E-state index contributed by atoms with van der Waals surface area (Å²) in [5.74, 6) is 0.388. The summed E-state index contributed by atoms with van der Waals surface area (Å²) in [5, 5.41) is 3.01. The molecule has 2 aromatic carbocycles. The molecule has 0 radical (unpaired) electrons. The molecule has 0 atom stereocenters. The number of halogens is 1. The molecular weight excluding hydrogens is 330 g/mol. The number of carbonyl (C=O) groups is 1. The van der Waals surface area contributed by atoms with Crippen LogP contribution in [0.2, 0.25) is 0 Å². The average molecular weight is 348 g/mol. The van der Waals surface area contributed by atoms with Gasteiger partial charge in [-0.05, 0) is 42.7 Å². The topological polar surface area (TPSA) is 38.3 Å². The molecule has 0 aliphatic rings. The van der Waals surface area contributed by atoms with E-state index in [-0.39, 0.29) is 5.91 Å². The lowest BCUT2D eigenvalue weighted by Gasteiger charge is -2.14. The number of amides is 1. The number of anilines is 1. The van der Waals surface area contributed by atoms with E-state index in [9.17, 15) is 4.79 Å². The number of hydrogen-bond donors (Lipinski definition) is 1. The Hall–Kier alpha value is -1.81. The summed E-state index contributed by atoms with van der Waals surface area (Å²) < 4.78 is 6.11. The number of ether oxygens (including phenoxy) is 1. The van der Waals surface area contributed by atoms with E-state index in [1.807, 2.05) is 31.2 Å². The highest BCUT2D eigenvalue weighted by Crippen LogP contribution is 2.26. The lowest BCUT2D eigenvalue weighted by atomic mass is 10.1. The molecule has 0 spiro atoms. The Morgan fingerprint density at radius 3 is 2.71 bits per heavy atom. The maximum absolute atomic E-state index is 12.6. The minimum absolute atomic E-state index is 0.169. The number of nitrogens with one attached hydrogen (secondary N) is 1. The molecule has 0 saturated heterocycles. The molecule has 3 nitrogen and oxygen atoms in total. The number of para-hydroxylation sites is 1. The van der Waals surface area contributed by atoms with Crippen LogP contribution in [0.4, 0.5) is 5.69 Å². The van der Waals surface area contributed by atoms with E-state index in [1.165, 1.54) is 0 Å². The average Bonchev–Trinajstić information content (AvgIpc) is 2.49. The van der Waals surface area contributed by atoms with Gasteiger partial charge in [0, 0.05) is 10.2 Å². The summed E-state index contributed by atoms with van der Waals surface area (Å²) in [7, 11) is 1.56. The van der Waals surface area contributed by atoms with Crippen LogP contribution < -0.4 is 10.1 Å². The summed E-state index contributed by atoms with van der Waals surface area (Å²) >= 11 is 3.39. The number of rotatable bonds is 4. The van der Waals surface area contributed by atoms with Crippen molar-refractivity contribution in [2.24, 2.45) is 0 Å². The van der Waals surface area contributed by atoms with Gasteiger partial charge in [0.15, 0.2) is 0 Å². The molecule has 4 heteroatoms. The Morgan fingerprint density at radius 1 is 1.29 bits per heavy atom. The molecule has 1 amide bonds. The van der Waals surface area contributed by atoms with Crippen LogP contribution in [0.3, 0.4) is 0 Å². The van der Waals surface area contributed by atoms with Crippen molar-refractivity contribution in [1.82, 2.24) is 0 Å². The second-order valence-corrected chi connectivity index (χ2v) is 5.68. The zero-order chi connectivity index (χ0) is 15.4. The van der Waals surface area contributed by atoms with Crippen LogP contribution in [0.1, 0.15) is 28.4 Å². The Balaban J connectivity index is 2.37. The Morgan fingerprint density at radius 2 is 2.05 bits per heavy atom. The van der Waals surface area contributed by atoms with E-state index in [0.29, 0.717) is 11.3 Å². The lowest BCUT2D eigenvalue weighted by Crippen LogP contribution is -2.15. The first-order chi connectivity index (χ1) is 10.1. The van der Waals surface area contributed by atoms with Crippen molar-refractivity contribution >= 4 is 27.5 Å². The number of methoxy groups -OCH3 is 1. The van der Waals surface area contributed by atoms with Gasteiger partial charge in [-0.1, -0.05) is 41.1 Å². The predicted octanol–water partition coefficient (Wildman–Crippen LogP) is 4.58. The van der Waals surface area contributed by atoms with Crippen molar-refractivity contribution in [3.63, 3.8) is 0 Å². The number of benzene rings is 2. The fourth-order valence-corrected chi connectivity index (χ4v) is 2.60. The van der Waals surface area contributed by atoms with Crippen LogP contribution in [0.5, 0.6) is 5.75 Å². The Kier molecular flexibility index (Phi) is 5.02. The summed E-state index contributed by atoms with van der Waals surface area (Å²) in [6, 6.07) is 11.4. The summed E-state index contributed by atoms with van der Waals surface area (Å²) in [6.45, 7) is 4.07. The third kappa shape index (κ3) is 3.45. The largest absolute Gasteiger partial charge is 0.496 e. The normalized spacial score (nSPS) is 10.3. The second-order valence-electron chi connectivity index (χ2n) is 4.76. The minimum Gasteiger partial charge on any atom is -0.496 e. The molecule has 2 aromatic rings. The molecule has 0 heterocycles. The first kappa shape index (κ1) is 15.6. The van der Waals surface area contributed by atoms with Gasteiger partial charge in [-0.2, -0.15) is 0 Å². The van der Waals surface area contributed by atoms with E-state index in [1.54, 1.807) is 19.2 Å². The number of aryl methyl sites for hydroxylation is 2. The summed E-state index contributed by atoms with van der Waals surface area (Å²) in [4.78, 5) is 12.6. The first-order valence-corrected chi connectivity index (χ1v) is 7.59. The van der Waals surface area contributed by atoms with E-state index in [2.05, 4.69) is 28.2 Å². The fourth-order valence-electron chi connectivity index (χ4n) is 2.24. The molecule has 1 N–H and O–H groups in total. The molecule has 0 saturated carbocycles. The minimum atomic E-state index is -0.169. The second kappa shape index (κ2) is 6.76. The van der Waals surface area contributed by atoms with Crippen molar-refractivity contribution in [3.8, 4) is 5.75 Å². The Bertz CT molecular complexity index is 668. The van der Waals surface area contributed by atoms with E-state index >= 15 is 0 Å². The maximum Gasteiger partial charge on any atom is 0.259 e. The van der Waals surface area contributed by atoms with Crippen molar-refractivity contribution < 1.29 is 9.53 Å². The molecule has 0 aliphatic heterocycles. The van der Waals surface area contributed by atoms with Crippen LogP contribution in [-0.4, -0.2) is 13.0 Å². The van der Waals surface area contributed by atoms with Gasteiger partial charge >= 0.3 is 0 Å². The van der Waals surface area contributed by atoms with Gasteiger partial charge in [0.05, 0.1) is 12.7 Å². The standard InChI is InChI=1S/C17H18BrNO2/c1-4-12-7-5-6-11(2)16(12)19-17(20)14-10-13(18)8-9-15(14)21-3/h5-10H,4H2,1-3H3,(H,19,20). The van der Waals surface area contributed by atoms with Crippen molar-refractivity contribution in [2.75, 3.05) is 12.4 Å². The SMILES string of the molecule is CCc1cccc(C)c1NC(=O)c1cc(Br)ccc1OC. The molecule has 0 aliphatic carbocycles. The van der Waals surface area contributed by atoms with Gasteiger partial charge in [-0.15, -0.1) is 0 Å². The third-order valence-corrected chi connectivity index (χ3v) is 3.88. The fraction of sp³-hybridized carbons (Fsp3) is 0.235. The zero-order valence-electron chi connectivity index (χ0n) is 12.4. The predicted molar refractivity (Wildman–Crippen MR) is 89.2 cm³/mol. The highest BCUT2D eigenvalue weighted by molar-refractivity contribution is 9.10. The third-order valence-electron chi connectivity index (χ3n) is 3.38. The van der Waals surface area contributed by atoms with E-state index in [4.69, 9.17) is 4.74 Å². The summed E-state index contributed by atoms with van der Waals surface area (Å²) in [6.07, 6.45) is 0.868. The zero-order valence-corrected chi connectivity index (χ0v) is 14.0. The Labute approximate surface area is 133 Å². The number of carbonyl (C=O) groups excluding carboxylic acids is 1. The van der Waals surface area contributed by atoms with Crippen LogP contribution in [0.25, 0.3) is 0 Å². The van der Waals surface area contributed by atoms with Crippen molar-refractivity contribution in [2.45, 2.75) is 20.3 Å². The van der Waals surface area contributed by atoms with Crippen molar-refractivity contribution in [1.29, 1.82) is 0 Å². The highest BCUT2D eigenvalue weighted by atomic mass is 79.9. The van der Waals surface area contributed by atoms with Crippen LogP contribution in [0.15, 0.2) is 40.9 Å². The lowest BCUT2D eigenvalue weighted by molar-refractivity contribution is 0.102. The monoisotopic (exact) mass is 347 g/mol.